The van der Waals surface area contributed by atoms with Gasteiger partial charge in [0.1, 0.15) is 10.9 Å². The highest BCUT2D eigenvalue weighted by molar-refractivity contribution is 6.29. The molecule has 0 unspecified atom stereocenters. The Labute approximate surface area is 129 Å². The molecule has 0 amide bonds. The molecular formula is C15H19ClN4O. The zero-order valence-corrected chi connectivity index (χ0v) is 13.1. The second-order valence-electron chi connectivity index (χ2n) is 5.40. The summed E-state index contributed by atoms with van der Waals surface area (Å²) in [6, 6.07) is 3.93. The van der Waals surface area contributed by atoms with Crippen molar-refractivity contribution in [3.8, 4) is 0 Å². The minimum Gasteiger partial charge on any atom is -0.369 e. The lowest BCUT2D eigenvalue weighted by Crippen LogP contribution is -2.46. The molecule has 0 bridgehead atoms. The second-order valence-corrected chi connectivity index (χ2v) is 5.79. The van der Waals surface area contributed by atoms with Crippen LogP contribution in [0.3, 0.4) is 0 Å². The number of aromatic nitrogens is 2. The highest BCUT2D eigenvalue weighted by Gasteiger charge is 2.20. The van der Waals surface area contributed by atoms with Crippen molar-refractivity contribution in [3.05, 3.63) is 40.5 Å². The van der Waals surface area contributed by atoms with E-state index >= 15 is 0 Å². The number of rotatable bonds is 3. The van der Waals surface area contributed by atoms with Crippen LogP contribution in [0.25, 0.3) is 0 Å². The average Bonchev–Trinajstić information content (AvgIpc) is 2.80. The molecule has 1 aliphatic heterocycles. The quantitative estimate of drug-likeness (QED) is 0.816. The number of hydrogen-bond acceptors (Lipinski definition) is 5. The van der Waals surface area contributed by atoms with Gasteiger partial charge in [-0.25, -0.2) is 4.98 Å². The van der Waals surface area contributed by atoms with E-state index in [-0.39, 0.29) is 0 Å². The lowest BCUT2D eigenvalue weighted by molar-refractivity contribution is 0.248. The summed E-state index contributed by atoms with van der Waals surface area (Å²) in [6.07, 6.45) is 1.76. The van der Waals surface area contributed by atoms with E-state index in [4.69, 9.17) is 16.1 Å². The van der Waals surface area contributed by atoms with Crippen LogP contribution in [0.1, 0.15) is 17.0 Å². The number of hydrogen-bond donors (Lipinski definition) is 0. The number of piperazine rings is 1. The van der Waals surface area contributed by atoms with Crippen LogP contribution >= 0.6 is 11.6 Å². The predicted octanol–water partition coefficient (Wildman–Crippen LogP) is 2.66. The molecule has 0 spiro atoms. The lowest BCUT2D eigenvalue weighted by atomic mass is 10.1. The molecule has 2 aromatic rings. The van der Waals surface area contributed by atoms with Crippen molar-refractivity contribution in [2.45, 2.75) is 20.4 Å². The maximum absolute atomic E-state index is 5.96. The maximum atomic E-state index is 5.96. The summed E-state index contributed by atoms with van der Waals surface area (Å²) < 4.78 is 5.23. The maximum Gasteiger partial charge on any atom is 0.138 e. The molecule has 0 aliphatic carbocycles. The van der Waals surface area contributed by atoms with Crippen LogP contribution in [-0.4, -0.2) is 41.2 Å². The van der Waals surface area contributed by atoms with Crippen molar-refractivity contribution < 1.29 is 4.52 Å². The Balaban J connectivity index is 1.60. The van der Waals surface area contributed by atoms with Crippen molar-refractivity contribution in [1.82, 2.24) is 15.0 Å². The van der Waals surface area contributed by atoms with Gasteiger partial charge < -0.3 is 9.42 Å². The van der Waals surface area contributed by atoms with Crippen LogP contribution in [0.4, 0.5) is 5.69 Å². The van der Waals surface area contributed by atoms with Gasteiger partial charge in [-0.15, -0.1) is 0 Å². The SMILES string of the molecule is Cc1noc(C)c1CN1CCN(c2ccnc(Cl)c2)CC1. The second kappa shape index (κ2) is 6.03. The molecule has 6 heteroatoms. The fourth-order valence-electron chi connectivity index (χ4n) is 2.70. The van der Waals surface area contributed by atoms with E-state index in [1.54, 1.807) is 6.20 Å². The van der Waals surface area contributed by atoms with Gasteiger partial charge in [0.15, 0.2) is 0 Å². The van der Waals surface area contributed by atoms with Crippen molar-refractivity contribution in [3.63, 3.8) is 0 Å². The third-order valence-electron chi connectivity index (χ3n) is 4.01. The van der Waals surface area contributed by atoms with Crippen molar-refractivity contribution >= 4 is 17.3 Å². The molecule has 0 atom stereocenters. The molecule has 5 nitrogen and oxygen atoms in total. The van der Waals surface area contributed by atoms with Gasteiger partial charge in [0.2, 0.25) is 0 Å². The third kappa shape index (κ3) is 3.19. The van der Waals surface area contributed by atoms with Crippen molar-refractivity contribution in [2.75, 3.05) is 31.1 Å². The molecule has 112 valence electrons. The standard InChI is InChI=1S/C15H19ClN4O/c1-11-14(12(2)21-18-11)10-19-5-7-20(8-6-19)13-3-4-17-15(16)9-13/h3-4,9H,5-8,10H2,1-2H3. The average molecular weight is 307 g/mol. The van der Waals surface area contributed by atoms with E-state index < -0.39 is 0 Å². The molecule has 1 saturated heterocycles. The number of aryl methyl sites for hydroxylation is 2. The highest BCUT2D eigenvalue weighted by atomic mass is 35.5. The molecule has 0 N–H and O–H groups in total. The lowest BCUT2D eigenvalue weighted by Gasteiger charge is -2.36. The first-order chi connectivity index (χ1) is 10.1. The Hall–Kier alpha value is -1.59. The van der Waals surface area contributed by atoms with Crippen LogP contribution in [0.2, 0.25) is 5.15 Å². The van der Waals surface area contributed by atoms with E-state index in [9.17, 15) is 0 Å². The first-order valence-electron chi connectivity index (χ1n) is 7.14. The Bertz CT molecular complexity index is 600. The molecule has 0 aromatic carbocycles. The van der Waals surface area contributed by atoms with E-state index in [1.165, 1.54) is 5.56 Å². The summed E-state index contributed by atoms with van der Waals surface area (Å²) in [7, 11) is 0. The smallest absolute Gasteiger partial charge is 0.138 e. The number of anilines is 1. The van der Waals surface area contributed by atoms with Crippen LogP contribution in [0, 0.1) is 13.8 Å². The molecular weight excluding hydrogens is 288 g/mol. The molecule has 3 heterocycles. The fourth-order valence-corrected chi connectivity index (χ4v) is 2.87. The first kappa shape index (κ1) is 14.4. The van der Waals surface area contributed by atoms with Crippen LogP contribution in [0.5, 0.6) is 0 Å². The Kier molecular flexibility index (Phi) is 4.12. The van der Waals surface area contributed by atoms with Gasteiger partial charge in [-0.1, -0.05) is 16.8 Å². The highest BCUT2D eigenvalue weighted by Crippen LogP contribution is 2.21. The molecule has 1 aliphatic rings. The summed E-state index contributed by atoms with van der Waals surface area (Å²) in [5.41, 5.74) is 3.36. The fraction of sp³-hybridized carbons (Fsp3) is 0.467. The van der Waals surface area contributed by atoms with Gasteiger partial charge in [0, 0.05) is 50.2 Å². The molecule has 1 fully saturated rings. The van der Waals surface area contributed by atoms with Gasteiger partial charge in [-0.3, -0.25) is 4.90 Å². The van der Waals surface area contributed by atoms with Gasteiger partial charge in [0.05, 0.1) is 5.69 Å². The van der Waals surface area contributed by atoms with Crippen LogP contribution in [-0.2, 0) is 6.54 Å². The topological polar surface area (TPSA) is 45.4 Å². The van der Waals surface area contributed by atoms with Gasteiger partial charge in [-0.2, -0.15) is 0 Å². The Morgan fingerprint density at radius 2 is 2.00 bits per heavy atom. The molecule has 21 heavy (non-hydrogen) atoms. The van der Waals surface area contributed by atoms with Crippen LogP contribution in [0.15, 0.2) is 22.9 Å². The Morgan fingerprint density at radius 1 is 1.24 bits per heavy atom. The first-order valence-corrected chi connectivity index (χ1v) is 7.52. The van der Waals surface area contributed by atoms with E-state index in [2.05, 4.69) is 19.9 Å². The van der Waals surface area contributed by atoms with E-state index in [0.717, 1.165) is 49.9 Å². The molecule has 3 rings (SSSR count). The summed E-state index contributed by atoms with van der Waals surface area (Å²) in [6.45, 7) is 8.90. The summed E-state index contributed by atoms with van der Waals surface area (Å²) in [4.78, 5) is 8.81. The van der Waals surface area contributed by atoms with Crippen molar-refractivity contribution in [1.29, 1.82) is 0 Å². The molecule has 0 radical (unpaired) electrons. The summed E-state index contributed by atoms with van der Waals surface area (Å²) in [5.74, 6) is 0.927. The zero-order chi connectivity index (χ0) is 14.8. The Morgan fingerprint density at radius 3 is 2.62 bits per heavy atom. The van der Waals surface area contributed by atoms with Crippen molar-refractivity contribution in [2.24, 2.45) is 0 Å². The van der Waals surface area contributed by atoms with Gasteiger partial charge in [-0.05, 0) is 26.0 Å². The van der Waals surface area contributed by atoms with Crippen LogP contribution < -0.4 is 4.90 Å². The third-order valence-corrected chi connectivity index (χ3v) is 4.22. The van der Waals surface area contributed by atoms with Gasteiger partial charge in [0.25, 0.3) is 0 Å². The number of pyridine rings is 1. The minimum absolute atomic E-state index is 0.547. The molecule has 2 aromatic heterocycles. The zero-order valence-electron chi connectivity index (χ0n) is 12.3. The van der Waals surface area contributed by atoms with Gasteiger partial charge >= 0.3 is 0 Å². The summed E-state index contributed by atoms with van der Waals surface area (Å²) >= 11 is 5.96. The molecule has 0 saturated carbocycles. The largest absolute Gasteiger partial charge is 0.369 e. The minimum atomic E-state index is 0.547. The number of halogens is 1. The van der Waals surface area contributed by atoms with E-state index in [0.29, 0.717) is 5.15 Å². The number of nitrogens with zero attached hydrogens (tertiary/aromatic N) is 4. The van der Waals surface area contributed by atoms with E-state index in [1.807, 2.05) is 26.0 Å². The normalized spacial score (nSPS) is 16.4. The predicted molar refractivity (Wildman–Crippen MR) is 82.7 cm³/mol. The monoisotopic (exact) mass is 306 g/mol. The summed E-state index contributed by atoms with van der Waals surface area (Å²) in [5, 5.41) is 4.57.